The topological polar surface area (TPSA) is 12.4 Å². The SMILES string of the molecule is CCCCSc1ccc(C=Nc2ccccc2)cc1. The van der Waals surface area contributed by atoms with E-state index in [4.69, 9.17) is 0 Å². The summed E-state index contributed by atoms with van der Waals surface area (Å²) >= 11 is 1.92. The van der Waals surface area contributed by atoms with Gasteiger partial charge in [-0.15, -0.1) is 11.8 Å². The number of para-hydroxylation sites is 1. The van der Waals surface area contributed by atoms with E-state index in [2.05, 4.69) is 36.2 Å². The van der Waals surface area contributed by atoms with Crippen LogP contribution in [0.15, 0.2) is 64.5 Å². The van der Waals surface area contributed by atoms with Gasteiger partial charge < -0.3 is 0 Å². The van der Waals surface area contributed by atoms with Crippen LogP contribution in [0.2, 0.25) is 0 Å². The van der Waals surface area contributed by atoms with Crippen molar-refractivity contribution in [1.29, 1.82) is 0 Å². The summed E-state index contributed by atoms with van der Waals surface area (Å²) in [4.78, 5) is 5.79. The van der Waals surface area contributed by atoms with Gasteiger partial charge in [0.25, 0.3) is 0 Å². The maximum Gasteiger partial charge on any atom is 0.0629 e. The summed E-state index contributed by atoms with van der Waals surface area (Å²) < 4.78 is 0. The Morgan fingerprint density at radius 3 is 2.42 bits per heavy atom. The van der Waals surface area contributed by atoms with E-state index in [0.29, 0.717) is 0 Å². The molecular formula is C17H19NS. The highest BCUT2D eigenvalue weighted by Gasteiger charge is 1.94. The molecule has 0 aliphatic rings. The fourth-order valence-electron chi connectivity index (χ4n) is 1.65. The molecule has 0 bridgehead atoms. The van der Waals surface area contributed by atoms with Crippen molar-refractivity contribution in [2.75, 3.05) is 5.75 Å². The number of rotatable bonds is 6. The molecule has 0 heterocycles. The standard InChI is InChI=1S/C17H19NS/c1-2-3-13-19-17-11-9-15(10-12-17)14-18-16-7-5-4-6-8-16/h4-12,14H,2-3,13H2,1H3. The summed E-state index contributed by atoms with van der Waals surface area (Å²) in [6.07, 6.45) is 4.45. The zero-order chi connectivity index (χ0) is 13.3. The third-order valence-corrected chi connectivity index (χ3v) is 3.86. The molecule has 0 fully saturated rings. The van der Waals surface area contributed by atoms with Crippen LogP contribution in [-0.2, 0) is 0 Å². The first-order chi connectivity index (χ1) is 9.38. The van der Waals surface area contributed by atoms with E-state index >= 15 is 0 Å². The second-order valence-electron chi connectivity index (χ2n) is 4.36. The van der Waals surface area contributed by atoms with Crippen molar-refractivity contribution in [3.05, 3.63) is 60.2 Å². The van der Waals surface area contributed by atoms with Crippen molar-refractivity contribution in [2.24, 2.45) is 4.99 Å². The Morgan fingerprint density at radius 2 is 1.74 bits per heavy atom. The Balaban J connectivity index is 1.93. The predicted molar refractivity (Wildman–Crippen MR) is 85.8 cm³/mol. The normalized spacial score (nSPS) is 11.0. The minimum atomic E-state index is 0.990. The summed E-state index contributed by atoms with van der Waals surface area (Å²) in [5.74, 6) is 1.20. The molecule has 0 amide bonds. The van der Waals surface area contributed by atoms with Crippen LogP contribution in [0.5, 0.6) is 0 Å². The molecule has 0 unspecified atom stereocenters. The molecule has 2 aromatic carbocycles. The molecule has 0 aromatic heterocycles. The molecular weight excluding hydrogens is 250 g/mol. The molecule has 0 N–H and O–H groups in total. The second-order valence-corrected chi connectivity index (χ2v) is 5.53. The number of hydrogen-bond acceptors (Lipinski definition) is 2. The van der Waals surface area contributed by atoms with Crippen LogP contribution in [0.25, 0.3) is 0 Å². The molecule has 0 saturated heterocycles. The van der Waals surface area contributed by atoms with E-state index in [9.17, 15) is 0 Å². The highest BCUT2D eigenvalue weighted by molar-refractivity contribution is 7.99. The fourth-order valence-corrected chi connectivity index (χ4v) is 2.64. The molecule has 19 heavy (non-hydrogen) atoms. The maximum absolute atomic E-state index is 4.45. The van der Waals surface area contributed by atoms with Crippen LogP contribution in [0.3, 0.4) is 0 Å². The van der Waals surface area contributed by atoms with Gasteiger partial charge >= 0.3 is 0 Å². The smallest absolute Gasteiger partial charge is 0.0629 e. The van der Waals surface area contributed by atoms with Gasteiger partial charge in [-0.3, -0.25) is 4.99 Å². The maximum atomic E-state index is 4.45. The van der Waals surface area contributed by atoms with E-state index in [1.165, 1.54) is 23.5 Å². The zero-order valence-electron chi connectivity index (χ0n) is 11.3. The number of nitrogens with zero attached hydrogens (tertiary/aromatic N) is 1. The van der Waals surface area contributed by atoms with E-state index in [-0.39, 0.29) is 0 Å². The van der Waals surface area contributed by atoms with E-state index in [1.54, 1.807) is 0 Å². The van der Waals surface area contributed by atoms with Gasteiger partial charge in [0.2, 0.25) is 0 Å². The Kier molecular flexibility index (Phi) is 5.70. The van der Waals surface area contributed by atoms with Crippen molar-refractivity contribution < 1.29 is 0 Å². The number of hydrogen-bond donors (Lipinski definition) is 0. The van der Waals surface area contributed by atoms with Gasteiger partial charge in [0.1, 0.15) is 0 Å². The van der Waals surface area contributed by atoms with E-state index < -0.39 is 0 Å². The van der Waals surface area contributed by atoms with Gasteiger partial charge in [-0.2, -0.15) is 0 Å². The molecule has 2 aromatic rings. The van der Waals surface area contributed by atoms with Crippen LogP contribution in [0.1, 0.15) is 25.3 Å². The lowest BCUT2D eigenvalue weighted by atomic mass is 10.2. The lowest BCUT2D eigenvalue weighted by molar-refractivity contribution is 0.896. The number of unbranched alkanes of at least 4 members (excludes halogenated alkanes) is 1. The Labute approximate surface area is 119 Å². The predicted octanol–water partition coefficient (Wildman–Crippen LogP) is 5.33. The molecule has 0 aliphatic heterocycles. The molecule has 1 nitrogen and oxygen atoms in total. The van der Waals surface area contributed by atoms with Crippen molar-refractivity contribution >= 4 is 23.7 Å². The van der Waals surface area contributed by atoms with Crippen LogP contribution in [0, 0.1) is 0 Å². The van der Waals surface area contributed by atoms with Gasteiger partial charge in [-0.25, -0.2) is 0 Å². The lowest BCUT2D eigenvalue weighted by Crippen LogP contribution is -1.82. The Bertz CT molecular complexity index is 503. The van der Waals surface area contributed by atoms with Gasteiger partial charge in [0.05, 0.1) is 5.69 Å². The van der Waals surface area contributed by atoms with Gasteiger partial charge in [0, 0.05) is 11.1 Å². The molecule has 0 radical (unpaired) electrons. The first-order valence-electron chi connectivity index (χ1n) is 6.70. The number of thioether (sulfide) groups is 1. The largest absolute Gasteiger partial charge is 0.256 e. The highest BCUT2D eigenvalue weighted by Crippen LogP contribution is 2.19. The fraction of sp³-hybridized carbons (Fsp3) is 0.235. The average molecular weight is 269 g/mol. The molecule has 2 rings (SSSR count). The van der Waals surface area contributed by atoms with Crippen LogP contribution >= 0.6 is 11.8 Å². The van der Waals surface area contributed by atoms with Crippen molar-refractivity contribution in [2.45, 2.75) is 24.7 Å². The lowest BCUT2D eigenvalue weighted by Gasteiger charge is -2.00. The quantitative estimate of drug-likeness (QED) is 0.392. The van der Waals surface area contributed by atoms with Crippen molar-refractivity contribution in [3.63, 3.8) is 0 Å². The summed E-state index contributed by atoms with van der Waals surface area (Å²) in [5.41, 5.74) is 2.13. The third kappa shape index (κ3) is 4.92. The minimum absolute atomic E-state index is 0.990. The minimum Gasteiger partial charge on any atom is -0.256 e. The average Bonchev–Trinajstić information content (AvgIpc) is 2.48. The summed E-state index contributed by atoms with van der Waals surface area (Å²) in [6.45, 7) is 2.23. The number of benzene rings is 2. The molecule has 0 spiro atoms. The molecule has 0 aliphatic carbocycles. The second kappa shape index (κ2) is 7.80. The Hall–Kier alpha value is -1.54. The van der Waals surface area contributed by atoms with Gasteiger partial charge in [0.15, 0.2) is 0 Å². The summed E-state index contributed by atoms with van der Waals surface area (Å²) in [6, 6.07) is 18.6. The van der Waals surface area contributed by atoms with Crippen molar-refractivity contribution in [1.82, 2.24) is 0 Å². The van der Waals surface area contributed by atoms with Crippen LogP contribution in [-0.4, -0.2) is 12.0 Å². The first kappa shape index (κ1) is 13.9. The van der Waals surface area contributed by atoms with Crippen LogP contribution in [0.4, 0.5) is 5.69 Å². The van der Waals surface area contributed by atoms with E-state index in [0.717, 1.165) is 11.3 Å². The van der Waals surface area contributed by atoms with Gasteiger partial charge in [-0.1, -0.05) is 43.7 Å². The Morgan fingerprint density at radius 1 is 1.00 bits per heavy atom. The monoisotopic (exact) mass is 269 g/mol. The number of aliphatic imine (C=N–C) groups is 1. The summed E-state index contributed by atoms with van der Waals surface area (Å²) in [7, 11) is 0. The summed E-state index contributed by atoms with van der Waals surface area (Å²) in [5, 5.41) is 0. The zero-order valence-corrected chi connectivity index (χ0v) is 12.1. The molecule has 2 heteroatoms. The molecule has 0 saturated carbocycles. The first-order valence-corrected chi connectivity index (χ1v) is 7.69. The van der Waals surface area contributed by atoms with E-state index in [1.807, 2.05) is 48.3 Å². The highest BCUT2D eigenvalue weighted by atomic mass is 32.2. The third-order valence-electron chi connectivity index (χ3n) is 2.77. The van der Waals surface area contributed by atoms with Crippen LogP contribution < -0.4 is 0 Å². The molecule has 0 atom stereocenters. The van der Waals surface area contributed by atoms with Crippen molar-refractivity contribution in [3.8, 4) is 0 Å². The van der Waals surface area contributed by atoms with Gasteiger partial charge in [-0.05, 0) is 42.0 Å². The molecule has 98 valence electrons.